The third kappa shape index (κ3) is 5.24. The number of pyridine rings is 1. The molecule has 0 saturated carbocycles. The van der Waals surface area contributed by atoms with Crippen LogP contribution < -0.4 is 16.0 Å². The summed E-state index contributed by atoms with van der Waals surface area (Å²) < 4.78 is 7.79. The molecular weight excluding hydrogens is 488 g/mol. The number of amides is 1. The SMILES string of the molecule is CC(=O)Nc1ccc(-n2c3cc(=NC4CCOCC4)c(Nc4cccnc4C)cc-3nc3ccccc32)cc1. The summed E-state index contributed by atoms with van der Waals surface area (Å²) in [7, 11) is 0. The molecule has 0 spiro atoms. The summed E-state index contributed by atoms with van der Waals surface area (Å²) in [6, 6.07) is 24.3. The van der Waals surface area contributed by atoms with Crippen molar-refractivity contribution < 1.29 is 9.53 Å². The van der Waals surface area contributed by atoms with Crippen molar-refractivity contribution in [3.63, 3.8) is 0 Å². The topological polar surface area (TPSA) is 93.4 Å². The fraction of sp³-hybridized carbons (Fsp3) is 0.226. The summed E-state index contributed by atoms with van der Waals surface area (Å²) in [5.74, 6) is -0.0986. The maximum absolute atomic E-state index is 11.5. The second kappa shape index (κ2) is 10.7. The van der Waals surface area contributed by atoms with Crippen LogP contribution >= 0.6 is 0 Å². The molecule has 2 N–H and O–H groups in total. The Morgan fingerprint density at radius 2 is 1.79 bits per heavy atom. The summed E-state index contributed by atoms with van der Waals surface area (Å²) in [4.78, 5) is 26.2. The highest BCUT2D eigenvalue weighted by atomic mass is 16.5. The minimum atomic E-state index is -0.0986. The average Bonchev–Trinajstić information content (AvgIpc) is 2.94. The minimum Gasteiger partial charge on any atom is -0.381 e. The monoisotopic (exact) mass is 518 g/mol. The lowest BCUT2D eigenvalue weighted by Crippen LogP contribution is -2.23. The van der Waals surface area contributed by atoms with Crippen LogP contribution in [0, 0.1) is 6.92 Å². The first-order valence-electron chi connectivity index (χ1n) is 13.2. The molecule has 2 aromatic carbocycles. The van der Waals surface area contributed by atoms with Crippen LogP contribution in [0.15, 0.2) is 84.0 Å². The number of nitrogens with zero attached hydrogens (tertiary/aromatic N) is 4. The van der Waals surface area contributed by atoms with E-state index in [0.29, 0.717) is 0 Å². The van der Waals surface area contributed by atoms with Crippen molar-refractivity contribution in [2.45, 2.75) is 32.7 Å². The van der Waals surface area contributed by atoms with Gasteiger partial charge in [-0.3, -0.25) is 14.8 Å². The molecule has 3 heterocycles. The summed E-state index contributed by atoms with van der Waals surface area (Å²) >= 11 is 0. The van der Waals surface area contributed by atoms with E-state index < -0.39 is 0 Å². The number of carbonyl (C=O) groups excluding carboxylic acids is 1. The molecule has 1 fully saturated rings. The van der Waals surface area contributed by atoms with Crippen LogP contribution in [-0.4, -0.2) is 39.7 Å². The third-order valence-electron chi connectivity index (χ3n) is 6.93. The number of carbonyl (C=O) groups is 1. The van der Waals surface area contributed by atoms with E-state index in [1.807, 2.05) is 61.5 Å². The zero-order valence-corrected chi connectivity index (χ0v) is 22.0. The quantitative estimate of drug-likeness (QED) is 0.295. The molecule has 6 rings (SSSR count). The molecule has 0 bridgehead atoms. The summed E-state index contributed by atoms with van der Waals surface area (Å²) in [5, 5.41) is 7.30. The average molecular weight is 519 g/mol. The van der Waals surface area contributed by atoms with Gasteiger partial charge in [-0.15, -0.1) is 0 Å². The van der Waals surface area contributed by atoms with Gasteiger partial charge in [0.2, 0.25) is 5.91 Å². The fourth-order valence-corrected chi connectivity index (χ4v) is 5.00. The second-order valence-electron chi connectivity index (χ2n) is 9.76. The van der Waals surface area contributed by atoms with Crippen LogP contribution in [0.2, 0.25) is 0 Å². The standard InChI is InChI=1S/C31H30N6O2/c1-20-25(7-5-15-32-20)35-27-18-29-31(19-28(27)34-23-13-16-39-17-14-23)37(30-8-4-3-6-26(30)36-29)24-11-9-22(10-12-24)33-21(2)38/h3-12,15,18-19,23,35H,13-14,16-17H2,1-2H3,(H,33,38). The molecule has 0 radical (unpaired) electrons. The fourth-order valence-electron chi connectivity index (χ4n) is 5.00. The maximum Gasteiger partial charge on any atom is 0.221 e. The minimum absolute atomic E-state index is 0.0986. The van der Waals surface area contributed by atoms with Crippen molar-refractivity contribution in [3.05, 3.63) is 90.0 Å². The van der Waals surface area contributed by atoms with Crippen molar-refractivity contribution in [1.29, 1.82) is 0 Å². The largest absolute Gasteiger partial charge is 0.381 e. The van der Waals surface area contributed by atoms with E-state index in [1.54, 1.807) is 6.20 Å². The molecule has 1 amide bonds. The van der Waals surface area contributed by atoms with Crippen LogP contribution in [0.4, 0.5) is 17.1 Å². The molecule has 39 heavy (non-hydrogen) atoms. The lowest BCUT2D eigenvalue weighted by Gasteiger charge is -2.22. The lowest BCUT2D eigenvalue weighted by molar-refractivity contribution is -0.114. The molecule has 2 aliphatic heterocycles. The van der Waals surface area contributed by atoms with Gasteiger partial charge in [0.15, 0.2) is 0 Å². The van der Waals surface area contributed by atoms with Gasteiger partial charge < -0.3 is 19.9 Å². The van der Waals surface area contributed by atoms with Crippen LogP contribution in [0.5, 0.6) is 0 Å². The number of aryl methyl sites for hydroxylation is 1. The van der Waals surface area contributed by atoms with E-state index in [4.69, 9.17) is 14.7 Å². The molecule has 1 aliphatic carbocycles. The van der Waals surface area contributed by atoms with Crippen LogP contribution in [-0.2, 0) is 9.53 Å². The van der Waals surface area contributed by atoms with Crippen molar-refractivity contribution in [2.75, 3.05) is 23.8 Å². The van der Waals surface area contributed by atoms with Crippen molar-refractivity contribution in [3.8, 4) is 17.1 Å². The molecule has 0 unspecified atom stereocenters. The van der Waals surface area contributed by atoms with Gasteiger partial charge in [0.05, 0.1) is 50.9 Å². The number of fused-ring (bicyclic) bond motifs is 2. The molecule has 3 aliphatic rings. The van der Waals surface area contributed by atoms with Crippen molar-refractivity contribution in [2.24, 2.45) is 4.99 Å². The highest BCUT2D eigenvalue weighted by molar-refractivity contribution is 5.89. The van der Waals surface area contributed by atoms with Gasteiger partial charge in [-0.1, -0.05) is 12.1 Å². The first-order valence-corrected chi connectivity index (χ1v) is 13.2. The Bertz CT molecular complexity index is 1690. The molecule has 1 saturated heterocycles. The van der Waals surface area contributed by atoms with E-state index in [2.05, 4.69) is 38.4 Å². The molecule has 8 heteroatoms. The van der Waals surface area contributed by atoms with Crippen molar-refractivity contribution >= 4 is 34.0 Å². The van der Waals surface area contributed by atoms with Crippen LogP contribution in [0.1, 0.15) is 25.5 Å². The number of anilines is 3. The summed E-state index contributed by atoms with van der Waals surface area (Å²) in [6.07, 6.45) is 3.58. The Labute approximate surface area is 226 Å². The normalized spacial score (nSPS) is 14.6. The maximum atomic E-state index is 11.5. The Hall–Kier alpha value is -4.56. The Morgan fingerprint density at radius 3 is 2.56 bits per heavy atom. The first kappa shape index (κ1) is 24.8. The van der Waals surface area contributed by atoms with Gasteiger partial charge in [-0.05, 0) is 80.4 Å². The number of benzene rings is 3. The number of rotatable bonds is 5. The number of ether oxygens (including phenoxy) is 1. The van der Waals surface area contributed by atoms with Gasteiger partial charge in [0.25, 0.3) is 0 Å². The van der Waals surface area contributed by atoms with E-state index in [-0.39, 0.29) is 11.9 Å². The van der Waals surface area contributed by atoms with Gasteiger partial charge in [0, 0.05) is 37.7 Å². The Balaban J connectivity index is 1.58. The predicted molar refractivity (Wildman–Crippen MR) is 154 cm³/mol. The summed E-state index contributed by atoms with van der Waals surface area (Å²) in [6.45, 7) is 4.94. The van der Waals surface area contributed by atoms with Crippen LogP contribution in [0.3, 0.4) is 0 Å². The number of hydrogen-bond donors (Lipinski definition) is 2. The van der Waals surface area contributed by atoms with E-state index >= 15 is 0 Å². The number of nitrogens with one attached hydrogen (secondary N) is 2. The first-order chi connectivity index (χ1) is 19.0. The number of hydrogen-bond acceptors (Lipinski definition) is 6. The zero-order chi connectivity index (χ0) is 26.8. The molecule has 196 valence electrons. The van der Waals surface area contributed by atoms with E-state index in [0.717, 1.165) is 82.3 Å². The smallest absolute Gasteiger partial charge is 0.221 e. The molecule has 3 aromatic rings. The molecular formula is C31H30N6O2. The molecule has 1 aromatic heterocycles. The van der Waals surface area contributed by atoms with Crippen LogP contribution in [0.25, 0.3) is 28.1 Å². The summed E-state index contributed by atoms with van der Waals surface area (Å²) in [5.41, 5.74) is 8.11. The number of para-hydroxylation sites is 2. The zero-order valence-electron chi connectivity index (χ0n) is 22.0. The van der Waals surface area contributed by atoms with E-state index in [1.165, 1.54) is 6.92 Å². The highest BCUT2D eigenvalue weighted by Crippen LogP contribution is 2.31. The highest BCUT2D eigenvalue weighted by Gasteiger charge is 2.19. The molecule has 8 nitrogen and oxygen atoms in total. The van der Waals surface area contributed by atoms with Crippen molar-refractivity contribution in [1.82, 2.24) is 14.5 Å². The second-order valence-corrected chi connectivity index (χ2v) is 9.76. The third-order valence-corrected chi connectivity index (χ3v) is 6.93. The van der Waals surface area contributed by atoms with E-state index in [9.17, 15) is 4.79 Å². The van der Waals surface area contributed by atoms with Gasteiger partial charge in [-0.25, -0.2) is 4.98 Å². The lowest BCUT2D eigenvalue weighted by atomic mass is 10.1. The molecule has 0 atom stereocenters. The van der Waals surface area contributed by atoms with Gasteiger partial charge in [-0.2, -0.15) is 0 Å². The van der Waals surface area contributed by atoms with Gasteiger partial charge in [0.1, 0.15) is 0 Å². The van der Waals surface area contributed by atoms with Gasteiger partial charge >= 0.3 is 0 Å². The Kier molecular flexibility index (Phi) is 6.77. The number of aromatic nitrogens is 3. The predicted octanol–water partition coefficient (Wildman–Crippen LogP) is 5.62. The Morgan fingerprint density at radius 1 is 1.00 bits per heavy atom.